The van der Waals surface area contributed by atoms with Gasteiger partial charge in [-0.05, 0) is 26.3 Å². The lowest BCUT2D eigenvalue weighted by molar-refractivity contribution is -0.385. The molecule has 0 spiro atoms. The van der Waals surface area contributed by atoms with Crippen molar-refractivity contribution in [1.82, 2.24) is 0 Å². The highest BCUT2D eigenvalue weighted by Crippen LogP contribution is 2.46. The molecule has 0 heterocycles. The molecule has 0 radical (unpaired) electrons. The van der Waals surface area contributed by atoms with Crippen molar-refractivity contribution in [2.24, 2.45) is 11.8 Å². The molecular weight excluding hydrogens is 314 g/mol. The van der Waals surface area contributed by atoms with Crippen molar-refractivity contribution >= 4 is 23.0 Å². The summed E-state index contributed by atoms with van der Waals surface area (Å²) in [6.07, 6.45) is -0.299. The van der Waals surface area contributed by atoms with Crippen molar-refractivity contribution in [1.29, 1.82) is 0 Å². The molecule has 7 heteroatoms. The van der Waals surface area contributed by atoms with Crippen LogP contribution in [0.5, 0.6) is 0 Å². The topological polar surface area (TPSA) is 115 Å². The Balaban J connectivity index is 2.67. The van der Waals surface area contributed by atoms with Crippen LogP contribution in [0.3, 0.4) is 0 Å². The van der Waals surface area contributed by atoms with Gasteiger partial charge in [-0.2, -0.15) is 0 Å². The van der Waals surface area contributed by atoms with Crippen molar-refractivity contribution < 1.29 is 24.4 Å². The Kier molecular flexibility index (Phi) is 4.66. The quantitative estimate of drug-likeness (QED) is 0.510. The van der Waals surface area contributed by atoms with E-state index in [2.05, 4.69) is 0 Å². The Hall–Kier alpha value is -2.41. The van der Waals surface area contributed by atoms with E-state index in [0.29, 0.717) is 5.56 Å². The molecule has 0 amide bonds. The number of non-ortho nitro benzene ring substituents is 1. The van der Waals surface area contributed by atoms with Gasteiger partial charge in [0.15, 0.2) is 0 Å². The molecule has 1 N–H and O–H groups in total. The molecule has 0 unspecified atom stereocenters. The molecule has 1 fully saturated rings. The summed E-state index contributed by atoms with van der Waals surface area (Å²) >= 11 is 0. The Morgan fingerprint density at radius 2 is 1.92 bits per heavy atom. The van der Waals surface area contributed by atoms with Crippen LogP contribution in [0.15, 0.2) is 24.3 Å². The summed E-state index contributed by atoms with van der Waals surface area (Å²) < 4.78 is 0. The molecule has 1 aromatic rings. The highest BCUT2D eigenvalue weighted by atomic mass is 16.6. The SMILES string of the molecule is CC(=O)[C@@H]1C(=O)C[C@](C)(O)[C@@H](C(C)=O)[C@H]1c1cccc([N+](=O)[O-])c1. The van der Waals surface area contributed by atoms with E-state index < -0.39 is 39.8 Å². The Labute approximate surface area is 138 Å². The fourth-order valence-corrected chi connectivity index (χ4v) is 3.75. The normalized spacial score (nSPS) is 30.0. The first kappa shape index (κ1) is 17.9. The second-order valence-electron chi connectivity index (χ2n) is 6.55. The summed E-state index contributed by atoms with van der Waals surface area (Å²) in [4.78, 5) is 47.0. The first-order valence-electron chi connectivity index (χ1n) is 7.56. The van der Waals surface area contributed by atoms with Crippen LogP contribution < -0.4 is 0 Å². The zero-order valence-corrected chi connectivity index (χ0v) is 13.7. The highest BCUT2D eigenvalue weighted by molar-refractivity contribution is 6.05. The van der Waals surface area contributed by atoms with Gasteiger partial charge in [0.2, 0.25) is 0 Å². The third kappa shape index (κ3) is 3.12. The number of hydrogen-bond acceptors (Lipinski definition) is 6. The van der Waals surface area contributed by atoms with E-state index in [-0.39, 0.29) is 17.9 Å². The number of hydrogen-bond donors (Lipinski definition) is 1. The van der Waals surface area contributed by atoms with Crippen LogP contribution in [0.1, 0.15) is 38.7 Å². The average Bonchev–Trinajstić information content (AvgIpc) is 2.44. The molecule has 1 aromatic carbocycles. The van der Waals surface area contributed by atoms with Gasteiger partial charge in [-0.25, -0.2) is 0 Å². The molecule has 24 heavy (non-hydrogen) atoms. The second-order valence-corrected chi connectivity index (χ2v) is 6.55. The molecule has 4 atom stereocenters. The molecular formula is C17H19NO6. The number of rotatable bonds is 4. The standard InChI is InChI=1S/C17H19NO6/c1-9(19)14-13(21)8-17(3,22)16(10(2)20)15(14)11-5-4-6-12(7-11)18(23)24/h4-7,14-16,22H,8H2,1-3H3/t14-,15+,16+,17+/m1/s1. The summed E-state index contributed by atoms with van der Waals surface area (Å²) in [7, 11) is 0. The minimum Gasteiger partial charge on any atom is -0.389 e. The largest absolute Gasteiger partial charge is 0.389 e. The van der Waals surface area contributed by atoms with E-state index in [4.69, 9.17) is 0 Å². The number of ketones is 3. The van der Waals surface area contributed by atoms with Gasteiger partial charge in [-0.15, -0.1) is 0 Å². The Bertz CT molecular complexity index is 724. The second kappa shape index (κ2) is 6.24. The third-order valence-electron chi connectivity index (χ3n) is 4.61. The number of nitro benzene ring substituents is 1. The van der Waals surface area contributed by atoms with Crippen molar-refractivity contribution in [3.8, 4) is 0 Å². The zero-order chi connectivity index (χ0) is 18.2. The predicted molar refractivity (Wildman–Crippen MR) is 84.4 cm³/mol. The maximum atomic E-state index is 12.4. The van der Waals surface area contributed by atoms with Crippen LogP contribution in [0.4, 0.5) is 5.69 Å². The van der Waals surface area contributed by atoms with Crippen LogP contribution in [-0.4, -0.2) is 33.0 Å². The molecule has 7 nitrogen and oxygen atoms in total. The fourth-order valence-electron chi connectivity index (χ4n) is 3.75. The lowest BCUT2D eigenvalue weighted by Crippen LogP contribution is -2.53. The van der Waals surface area contributed by atoms with Gasteiger partial charge in [0, 0.05) is 24.5 Å². The Morgan fingerprint density at radius 3 is 2.42 bits per heavy atom. The molecule has 0 aliphatic heterocycles. The van der Waals surface area contributed by atoms with Gasteiger partial charge in [0.05, 0.1) is 22.4 Å². The molecule has 0 aromatic heterocycles. The minimum atomic E-state index is -1.61. The lowest BCUT2D eigenvalue weighted by atomic mass is 9.60. The molecule has 1 saturated carbocycles. The summed E-state index contributed by atoms with van der Waals surface area (Å²) in [5.41, 5.74) is -1.47. The number of nitrogens with zero attached hydrogens (tertiary/aromatic N) is 1. The number of benzene rings is 1. The number of Topliss-reactive ketones (excluding diaryl/α,β-unsaturated/α-hetero) is 3. The van der Waals surface area contributed by atoms with Gasteiger partial charge < -0.3 is 5.11 Å². The fraction of sp³-hybridized carbons (Fsp3) is 0.471. The van der Waals surface area contributed by atoms with Crippen LogP contribution in [0.25, 0.3) is 0 Å². The molecule has 2 rings (SSSR count). The van der Waals surface area contributed by atoms with Crippen molar-refractivity contribution in [3.05, 3.63) is 39.9 Å². The van der Waals surface area contributed by atoms with Crippen molar-refractivity contribution in [2.45, 2.75) is 38.7 Å². The monoisotopic (exact) mass is 333 g/mol. The summed E-state index contributed by atoms with van der Waals surface area (Å²) in [5.74, 6) is -4.25. The third-order valence-corrected chi connectivity index (χ3v) is 4.61. The van der Waals surface area contributed by atoms with Crippen LogP contribution in [0, 0.1) is 22.0 Å². The lowest BCUT2D eigenvalue weighted by Gasteiger charge is -2.44. The minimum absolute atomic E-state index is 0.199. The van der Waals surface area contributed by atoms with Crippen LogP contribution in [0.2, 0.25) is 0 Å². The van der Waals surface area contributed by atoms with E-state index in [1.807, 2.05) is 0 Å². The molecule has 1 aliphatic rings. The van der Waals surface area contributed by atoms with E-state index >= 15 is 0 Å². The molecule has 0 bridgehead atoms. The average molecular weight is 333 g/mol. The van der Waals surface area contributed by atoms with E-state index in [0.717, 1.165) is 0 Å². The van der Waals surface area contributed by atoms with E-state index in [1.165, 1.54) is 45.0 Å². The summed E-state index contributed by atoms with van der Waals surface area (Å²) in [6, 6.07) is 5.52. The van der Waals surface area contributed by atoms with Gasteiger partial charge in [0.1, 0.15) is 17.3 Å². The number of carbonyl (C=O) groups is 3. The molecule has 1 aliphatic carbocycles. The van der Waals surface area contributed by atoms with Crippen molar-refractivity contribution in [2.75, 3.05) is 0 Å². The maximum absolute atomic E-state index is 12.4. The Morgan fingerprint density at radius 1 is 1.29 bits per heavy atom. The van der Waals surface area contributed by atoms with Crippen LogP contribution >= 0.6 is 0 Å². The number of aliphatic hydroxyl groups is 1. The highest BCUT2D eigenvalue weighted by Gasteiger charge is 2.53. The summed E-state index contributed by atoms with van der Waals surface area (Å²) in [6.45, 7) is 3.93. The zero-order valence-electron chi connectivity index (χ0n) is 13.7. The van der Waals surface area contributed by atoms with Gasteiger partial charge in [-0.3, -0.25) is 24.5 Å². The maximum Gasteiger partial charge on any atom is 0.269 e. The smallest absolute Gasteiger partial charge is 0.269 e. The first-order chi connectivity index (χ1) is 11.1. The van der Waals surface area contributed by atoms with Crippen molar-refractivity contribution in [3.63, 3.8) is 0 Å². The summed E-state index contributed by atoms with van der Waals surface area (Å²) in [5, 5.41) is 21.6. The van der Waals surface area contributed by atoms with Crippen LogP contribution in [-0.2, 0) is 14.4 Å². The van der Waals surface area contributed by atoms with E-state index in [9.17, 15) is 29.6 Å². The molecule has 0 saturated heterocycles. The first-order valence-corrected chi connectivity index (χ1v) is 7.56. The number of carbonyl (C=O) groups excluding carboxylic acids is 3. The number of nitro groups is 1. The van der Waals surface area contributed by atoms with E-state index in [1.54, 1.807) is 0 Å². The molecule has 128 valence electrons. The van der Waals surface area contributed by atoms with Gasteiger partial charge >= 0.3 is 0 Å². The predicted octanol–water partition coefficient (Wildman–Crippen LogP) is 1.81. The van der Waals surface area contributed by atoms with Gasteiger partial charge in [-0.1, -0.05) is 12.1 Å². The van der Waals surface area contributed by atoms with Gasteiger partial charge in [0.25, 0.3) is 5.69 Å².